The van der Waals surface area contributed by atoms with Gasteiger partial charge in [0.2, 0.25) is 11.8 Å². The molecule has 3 N–H and O–H groups in total. The van der Waals surface area contributed by atoms with E-state index in [4.69, 9.17) is 0 Å². The summed E-state index contributed by atoms with van der Waals surface area (Å²) in [6.45, 7) is 1.64. The van der Waals surface area contributed by atoms with Gasteiger partial charge in [0, 0.05) is 12.8 Å². The van der Waals surface area contributed by atoms with Crippen LogP contribution in [0.25, 0.3) is 0 Å². The Bertz CT molecular complexity index is 294. The average molecular weight is 245 g/mol. The zero-order chi connectivity index (χ0) is 13.3. The molecule has 0 aromatic carbocycles. The normalized spacial score (nSPS) is 20.9. The number of imide groups is 1. The predicted molar refractivity (Wildman–Crippen MR) is 58.9 cm³/mol. The Morgan fingerprint density at radius 1 is 1.06 bits per heavy atom. The fraction of sp³-hybridized carbons (Fsp3) is 0.818. The van der Waals surface area contributed by atoms with Gasteiger partial charge in [-0.3, -0.25) is 14.5 Å². The smallest absolute Gasteiger partial charge is 0.230 e. The summed E-state index contributed by atoms with van der Waals surface area (Å²) in [7, 11) is 0. The van der Waals surface area contributed by atoms with Gasteiger partial charge in [-0.2, -0.15) is 0 Å². The van der Waals surface area contributed by atoms with Gasteiger partial charge in [0.1, 0.15) is 5.54 Å². The van der Waals surface area contributed by atoms with Crippen LogP contribution in [-0.2, 0) is 9.59 Å². The molecular formula is C11H19NO5. The van der Waals surface area contributed by atoms with E-state index in [0.717, 1.165) is 4.90 Å². The van der Waals surface area contributed by atoms with Crippen LogP contribution in [0.15, 0.2) is 0 Å². The number of aliphatic hydroxyl groups excluding tert-OH is 3. The minimum absolute atomic E-state index is 0.153. The maximum atomic E-state index is 11.9. The highest BCUT2D eigenvalue weighted by Gasteiger charge is 2.47. The lowest BCUT2D eigenvalue weighted by atomic mass is 9.80. The van der Waals surface area contributed by atoms with Crippen LogP contribution >= 0.6 is 0 Å². The maximum absolute atomic E-state index is 11.9. The molecule has 1 heterocycles. The lowest BCUT2D eigenvalue weighted by molar-refractivity contribution is -0.168. The molecule has 1 saturated heterocycles. The van der Waals surface area contributed by atoms with E-state index < -0.39 is 42.6 Å². The lowest BCUT2D eigenvalue weighted by Gasteiger charge is -2.44. The minimum Gasteiger partial charge on any atom is -0.394 e. The lowest BCUT2D eigenvalue weighted by Crippen LogP contribution is -2.64. The summed E-state index contributed by atoms with van der Waals surface area (Å²) in [5.74, 6) is -0.938. The number of hydrogen-bond acceptors (Lipinski definition) is 5. The summed E-state index contributed by atoms with van der Waals surface area (Å²) < 4.78 is 0. The predicted octanol–water partition coefficient (Wildman–Crippen LogP) is -1.12. The first-order valence-corrected chi connectivity index (χ1v) is 5.50. The van der Waals surface area contributed by atoms with Gasteiger partial charge in [-0.15, -0.1) is 0 Å². The highest BCUT2D eigenvalue weighted by Crippen LogP contribution is 2.34. The van der Waals surface area contributed by atoms with Gasteiger partial charge in [0.05, 0.1) is 19.8 Å². The van der Waals surface area contributed by atoms with E-state index in [1.807, 2.05) is 0 Å². The van der Waals surface area contributed by atoms with Crippen molar-refractivity contribution < 1.29 is 24.9 Å². The SMILES string of the molecule is CC1(C)CC(=O)N(C(CO)(CO)CO)C(=O)C1. The molecule has 17 heavy (non-hydrogen) atoms. The number of likely N-dealkylation sites (tertiary alicyclic amines) is 1. The van der Waals surface area contributed by atoms with E-state index in [1.165, 1.54) is 0 Å². The first-order valence-electron chi connectivity index (χ1n) is 5.50. The summed E-state index contributed by atoms with van der Waals surface area (Å²) in [6, 6.07) is 0. The Morgan fingerprint density at radius 2 is 1.41 bits per heavy atom. The summed E-state index contributed by atoms with van der Waals surface area (Å²) in [6.07, 6.45) is 0.307. The number of carbonyl (C=O) groups is 2. The first kappa shape index (κ1) is 14.1. The summed E-state index contributed by atoms with van der Waals surface area (Å²) in [5.41, 5.74) is -2.01. The van der Waals surface area contributed by atoms with Crippen molar-refractivity contribution in [3.05, 3.63) is 0 Å². The number of carbonyl (C=O) groups excluding carboxylic acids is 2. The van der Waals surface area contributed by atoms with Crippen molar-refractivity contribution in [1.82, 2.24) is 4.90 Å². The molecule has 0 unspecified atom stereocenters. The molecule has 0 aliphatic carbocycles. The highest BCUT2D eigenvalue weighted by atomic mass is 16.3. The molecule has 1 fully saturated rings. The maximum Gasteiger partial charge on any atom is 0.230 e. The molecule has 0 atom stereocenters. The standard InChI is InChI=1S/C11H19NO5/c1-10(2)3-8(16)12(9(17)4-10)11(5-13,6-14)7-15/h13-15H,3-7H2,1-2H3. The van der Waals surface area contributed by atoms with Gasteiger partial charge >= 0.3 is 0 Å². The molecule has 6 nitrogen and oxygen atoms in total. The van der Waals surface area contributed by atoms with Crippen molar-refractivity contribution >= 4 is 11.8 Å². The summed E-state index contributed by atoms with van der Waals surface area (Å²) >= 11 is 0. The molecule has 1 aliphatic heterocycles. The first-order chi connectivity index (χ1) is 7.82. The van der Waals surface area contributed by atoms with Gasteiger partial charge in [-0.25, -0.2) is 0 Å². The second-order valence-electron chi connectivity index (χ2n) is 5.34. The van der Waals surface area contributed by atoms with Crippen LogP contribution < -0.4 is 0 Å². The Kier molecular flexibility index (Phi) is 3.91. The molecule has 1 rings (SSSR count). The van der Waals surface area contributed by atoms with Crippen molar-refractivity contribution in [2.75, 3.05) is 19.8 Å². The molecule has 0 spiro atoms. The van der Waals surface area contributed by atoms with E-state index in [-0.39, 0.29) is 12.8 Å². The molecular weight excluding hydrogens is 226 g/mol. The third-order valence-corrected chi connectivity index (χ3v) is 3.12. The average Bonchev–Trinajstić information content (AvgIpc) is 2.22. The van der Waals surface area contributed by atoms with Crippen molar-refractivity contribution in [1.29, 1.82) is 0 Å². The molecule has 0 radical (unpaired) electrons. The van der Waals surface area contributed by atoms with Crippen LogP contribution in [0.1, 0.15) is 26.7 Å². The van der Waals surface area contributed by atoms with Crippen LogP contribution in [0.2, 0.25) is 0 Å². The molecule has 6 heteroatoms. The summed E-state index contributed by atoms with van der Waals surface area (Å²) in [4.78, 5) is 24.6. The van der Waals surface area contributed by atoms with E-state index in [9.17, 15) is 24.9 Å². The second kappa shape index (κ2) is 4.72. The van der Waals surface area contributed by atoms with Crippen LogP contribution in [0.5, 0.6) is 0 Å². The quantitative estimate of drug-likeness (QED) is 0.545. The topological polar surface area (TPSA) is 98.1 Å². The number of nitrogens with zero attached hydrogens (tertiary/aromatic N) is 1. The van der Waals surface area contributed by atoms with Crippen molar-refractivity contribution in [3.63, 3.8) is 0 Å². The van der Waals surface area contributed by atoms with E-state index in [2.05, 4.69) is 0 Å². The van der Waals surface area contributed by atoms with E-state index in [0.29, 0.717) is 0 Å². The third kappa shape index (κ3) is 2.48. The Morgan fingerprint density at radius 3 is 1.71 bits per heavy atom. The van der Waals surface area contributed by atoms with Gasteiger partial charge in [-0.05, 0) is 5.41 Å². The van der Waals surface area contributed by atoms with Crippen molar-refractivity contribution in [2.45, 2.75) is 32.2 Å². The van der Waals surface area contributed by atoms with Gasteiger partial charge < -0.3 is 15.3 Å². The number of hydrogen-bond donors (Lipinski definition) is 3. The van der Waals surface area contributed by atoms with E-state index >= 15 is 0 Å². The Balaban J connectivity index is 3.05. The number of piperidine rings is 1. The van der Waals surface area contributed by atoms with Gasteiger partial charge in [0.25, 0.3) is 0 Å². The zero-order valence-corrected chi connectivity index (χ0v) is 10.1. The molecule has 0 aromatic heterocycles. The molecule has 1 aliphatic rings. The van der Waals surface area contributed by atoms with Crippen LogP contribution in [0.3, 0.4) is 0 Å². The van der Waals surface area contributed by atoms with E-state index in [1.54, 1.807) is 13.8 Å². The third-order valence-electron chi connectivity index (χ3n) is 3.12. The monoisotopic (exact) mass is 245 g/mol. The minimum atomic E-state index is -1.59. The number of aliphatic hydroxyl groups is 3. The second-order valence-corrected chi connectivity index (χ2v) is 5.34. The largest absolute Gasteiger partial charge is 0.394 e. The van der Waals surface area contributed by atoms with Crippen LogP contribution in [0.4, 0.5) is 0 Å². The van der Waals surface area contributed by atoms with Crippen molar-refractivity contribution in [2.24, 2.45) is 5.41 Å². The molecule has 0 saturated carbocycles. The Labute approximate surface area is 99.8 Å². The Hall–Kier alpha value is -0.980. The molecule has 0 bridgehead atoms. The molecule has 0 aromatic rings. The molecule has 98 valence electrons. The molecule has 2 amide bonds. The number of rotatable bonds is 4. The van der Waals surface area contributed by atoms with Gasteiger partial charge in [0.15, 0.2) is 0 Å². The summed E-state index contributed by atoms with van der Waals surface area (Å²) in [5, 5.41) is 27.7. The highest BCUT2D eigenvalue weighted by molar-refractivity contribution is 5.99. The van der Waals surface area contributed by atoms with Crippen LogP contribution in [0, 0.1) is 5.41 Å². The van der Waals surface area contributed by atoms with Crippen molar-refractivity contribution in [3.8, 4) is 0 Å². The van der Waals surface area contributed by atoms with Gasteiger partial charge in [-0.1, -0.05) is 13.8 Å². The fourth-order valence-electron chi connectivity index (χ4n) is 2.07. The number of amides is 2. The zero-order valence-electron chi connectivity index (χ0n) is 10.1. The van der Waals surface area contributed by atoms with Crippen LogP contribution in [-0.4, -0.2) is 57.4 Å². The fourth-order valence-corrected chi connectivity index (χ4v) is 2.07.